The van der Waals surface area contributed by atoms with Gasteiger partial charge in [0.1, 0.15) is 0 Å². The van der Waals surface area contributed by atoms with Gasteiger partial charge in [0.2, 0.25) is 5.91 Å². The highest BCUT2D eigenvalue weighted by molar-refractivity contribution is 6.31. The van der Waals surface area contributed by atoms with Gasteiger partial charge in [0.15, 0.2) is 0 Å². The first-order valence-electron chi connectivity index (χ1n) is 5.64. The Bertz CT molecular complexity index is 590. The van der Waals surface area contributed by atoms with Crippen LogP contribution < -0.4 is 5.73 Å². The highest BCUT2D eigenvalue weighted by Crippen LogP contribution is 2.28. The third kappa shape index (κ3) is 2.24. The van der Waals surface area contributed by atoms with Gasteiger partial charge in [-0.1, -0.05) is 11.6 Å². The van der Waals surface area contributed by atoms with Crippen LogP contribution in [0.1, 0.15) is 30.2 Å². The highest BCUT2D eigenvalue weighted by Gasteiger charge is 2.15. The lowest BCUT2D eigenvalue weighted by molar-refractivity contribution is 0.100. The Hall–Kier alpha value is -1.81. The topological polar surface area (TPSA) is 60.9 Å². The number of nitrogens with zero attached hydrogens (tertiary/aromatic N) is 2. The molecule has 0 saturated carbocycles. The zero-order chi connectivity index (χ0) is 13.3. The number of hydrogen-bond acceptors (Lipinski definition) is 2. The molecule has 1 aromatic heterocycles. The molecule has 0 aliphatic heterocycles. The van der Waals surface area contributed by atoms with Crippen molar-refractivity contribution < 1.29 is 4.79 Å². The minimum Gasteiger partial charge on any atom is -0.366 e. The predicted molar refractivity (Wildman–Crippen MR) is 71.6 cm³/mol. The molecule has 1 aromatic carbocycles. The van der Waals surface area contributed by atoms with Gasteiger partial charge in [0, 0.05) is 28.4 Å². The maximum absolute atomic E-state index is 11.5. The number of halogens is 1. The average molecular weight is 264 g/mol. The van der Waals surface area contributed by atoms with E-state index >= 15 is 0 Å². The minimum absolute atomic E-state index is 0.190. The van der Waals surface area contributed by atoms with Crippen molar-refractivity contribution in [1.82, 2.24) is 9.78 Å². The van der Waals surface area contributed by atoms with Gasteiger partial charge in [-0.2, -0.15) is 5.10 Å². The van der Waals surface area contributed by atoms with Crippen LogP contribution in [0.3, 0.4) is 0 Å². The van der Waals surface area contributed by atoms with Crippen LogP contribution in [0.2, 0.25) is 5.02 Å². The fourth-order valence-corrected chi connectivity index (χ4v) is 2.05. The van der Waals surface area contributed by atoms with Crippen LogP contribution in [0.15, 0.2) is 30.5 Å². The molecule has 0 aliphatic rings. The Morgan fingerprint density at radius 3 is 2.72 bits per heavy atom. The Kier molecular flexibility index (Phi) is 3.39. The van der Waals surface area contributed by atoms with E-state index in [9.17, 15) is 4.79 Å². The summed E-state index contributed by atoms with van der Waals surface area (Å²) in [5.41, 5.74) is 7.38. The lowest BCUT2D eigenvalue weighted by Gasteiger charge is -2.13. The Morgan fingerprint density at radius 2 is 2.11 bits per heavy atom. The fraction of sp³-hybridized carbons (Fsp3) is 0.231. The van der Waals surface area contributed by atoms with Crippen molar-refractivity contribution in [2.45, 2.75) is 19.9 Å². The van der Waals surface area contributed by atoms with Crippen molar-refractivity contribution >= 4 is 17.5 Å². The van der Waals surface area contributed by atoms with Crippen molar-refractivity contribution in [3.05, 3.63) is 41.0 Å². The number of benzene rings is 1. The summed E-state index contributed by atoms with van der Waals surface area (Å²) >= 11 is 5.99. The minimum atomic E-state index is -0.474. The molecule has 0 radical (unpaired) electrons. The van der Waals surface area contributed by atoms with Crippen molar-refractivity contribution in [3.8, 4) is 11.3 Å². The molecule has 1 heterocycles. The summed E-state index contributed by atoms with van der Waals surface area (Å²) in [7, 11) is 0. The molecule has 0 bridgehead atoms. The van der Waals surface area contributed by atoms with Crippen LogP contribution in [0.25, 0.3) is 11.3 Å². The lowest BCUT2D eigenvalue weighted by Crippen LogP contribution is -2.14. The van der Waals surface area contributed by atoms with Gasteiger partial charge in [-0.25, -0.2) is 0 Å². The van der Waals surface area contributed by atoms with Crippen LogP contribution in [0.5, 0.6) is 0 Å². The van der Waals surface area contributed by atoms with E-state index in [1.807, 2.05) is 24.6 Å². The summed E-state index contributed by atoms with van der Waals surface area (Å²) in [4.78, 5) is 11.5. The molecule has 0 aliphatic carbocycles. The Labute approximate surface area is 110 Å². The number of aromatic nitrogens is 2. The molecule has 5 heteroatoms. The maximum Gasteiger partial charge on any atom is 0.249 e. The normalized spacial score (nSPS) is 10.9. The summed E-state index contributed by atoms with van der Waals surface area (Å²) in [5.74, 6) is -0.474. The molecular weight excluding hydrogens is 250 g/mol. The molecule has 2 rings (SSSR count). The van der Waals surface area contributed by atoms with Crippen LogP contribution >= 0.6 is 11.6 Å². The highest BCUT2D eigenvalue weighted by atomic mass is 35.5. The van der Waals surface area contributed by atoms with Gasteiger partial charge < -0.3 is 5.73 Å². The van der Waals surface area contributed by atoms with E-state index in [0.717, 1.165) is 5.69 Å². The van der Waals surface area contributed by atoms with E-state index in [1.165, 1.54) is 0 Å². The van der Waals surface area contributed by atoms with Crippen molar-refractivity contribution in [2.24, 2.45) is 5.73 Å². The van der Waals surface area contributed by atoms with E-state index in [2.05, 4.69) is 5.10 Å². The van der Waals surface area contributed by atoms with Crippen molar-refractivity contribution in [2.75, 3.05) is 0 Å². The van der Waals surface area contributed by atoms with Crippen molar-refractivity contribution in [3.63, 3.8) is 0 Å². The fourth-order valence-electron chi connectivity index (χ4n) is 1.88. The molecule has 2 N–H and O–H groups in total. The number of amides is 1. The zero-order valence-corrected chi connectivity index (χ0v) is 11.0. The summed E-state index contributed by atoms with van der Waals surface area (Å²) < 4.78 is 1.83. The molecular formula is C13H14ClN3O. The Balaban J connectivity index is 2.66. The van der Waals surface area contributed by atoms with Gasteiger partial charge >= 0.3 is 0 Å². The molecule has 1 amide bonds. The second-order valence-electron chi connectivity index (χ2n) is 4.31. The standard InChI is InChI=1S/C13H14ClN3O/c1-8(2)17-12(5-6-16-17)11-7-9(14)3-4-10(11)13(15)18/h3-8H,1-2H3,(H2,15,18). The van der Waals surface area contributed by atoms with Gasteiger partial charge in [0.05, 0.1) is 5.69 Å². The van der Waals surface area contributed by atoms with E-state index in [0.29, 0.717) is 16.1 Å². The molecule has 18 heavy (non-hydrogen) atoms. The summed E-state index contributed by atoms with van der Waals surface area (Å²) in [6.45, 7) is 4.04. The molecule has 0 atom stereocenters. The first kappa shape index (κ1) is 12.6. The monoisotopic (exact) mass is 263 g/mol. The van der Waals surface area contributed by atoms with E-state index in [-0.39, 0.29) is 6.04 Å². The van der Waals surface area contributed by atoms with E-state index in [1.54, 1.807) is 24.4 Å². The molecule has 0 saturated heterocycles. The lowest BCUT2D eigenvalue weighted by atomic mass is 10.0. The molecule has 0 spiro atoms. The quantitative estimate of drug-likeness (QED) is 0.926. The third-order valence-corrected chi connectivity index (χ3v) is 2.92. The summed E-state index contributed by atoms with van der Waals surface area (Å²) in [6, 6.07) is 7.06. The van der Waals surface area contributed by atoms with Gasteiger partial charge in [0.25, 0.3) is 0 Å². The number of carbonyl (C=O) groups excluding carboxylic acids is 1. The first-order valence-corrected chi connectivity index (χ1v) is 6.01. The van der Waals surface area contributed by atoms with Gasteiger partial charge in [-0.05, 0) is 38.1 Å². The van der Waals surface area contributed by atoms with Gasteiger partial charge in [-0.15, -0.1) is 0 Å². The van der Waals surface area contributed by atoms with Crippen LogP contribution in [0.4, 0.5) is 0 Å². The first-order chi connectivity index (χ1) is 8.50. The second kappa shape index (κ2) is 4.82. The SMILES string of the molecule is CC(C)n1nccc1-c1cc(Cl)ccc1C(N)=O. The van der Waals surface area contributed by atoms with E-state index in [4.69, 9.17) is 17.3 Å². The van der Waals surface area contributed by atoms with Crippen molar-refractivity contribution in [1.29, 1.82) is 0 Å². The smallest absolute Gasteiger partial charge is 0.249 e. The van der Waals surface area contributed by atoms with Crippen LogP contribution in [0, 0.1) is 0 Å². The molecule has 4 nitrogen and oxygen atoms in total. The van der Waals surface area contributed by atoms with E-state index < -0.39 is 5.91 Å². The number of primary amides is 1. The largest absolute Gasteiger partial charge is 0.366 e. The third-order valence-electron chi connectivity index (χ3n) is 2.68. The van der Waals surface area contributed by atoms with Crippen LogP contribution in [-0.4, -0.2) is 15.7 Å². The molecule has 0 unspecified atom stereocenters. The van der Waals surface area contributed by atoms with Gasteiger partial charge in [-0.3, -0.25) is 9.48 Å². The average Bonchev–Trinajstić information content (AvgIpc) is 2.77. The Morgan fingerprint density at radius 1 is 1.39 bits per heavy atom. The maximum atomic E-state index is 11.5. The zero-order valence-electron chi connectivity index (χ0n) is 10.2. The number of carbonyl (C=O) groups is 1. The molecule has 0 fully saturated rings. The van der Waals surface area contributed by atoms with Crippen LogP contribution in [-0.2, 0) is 0 Å². The summed E-state index contributed by atoms with van der Waals surface area (Å²) in [6.07, 6.45) is 1.70. The number of rotatable bonds is 3. The number of nitrogens with two attached hydrogens (primary N) is 1. The number of hydrogen-bond donors (Lipinski definition) is 1. The molecule has 2 aromatic rings. The summed E-state index contributed by atoms with van der Waals surface area (Å²) in [5, 5.41) is 4.81. The second-order valence-corrected chi connectivity index (χ2v) is 4.75. The predicted octanol–water partition coefficient (Wildman–Crippen LogP) is 2.88. The molecule has 94 valence electrons.